The zero-order chi connectivity index (χ0) is 13.3. The molecule has 1 aromatic heterocycles. The van der Waals surface area contributed by atoms with Crippen LogP contribution in [0.5, 0.6) is 0 Å². The summed E-state index contributed by atoms with van der Waals surface area (Å²) in [6, 6.07) is 0.435. The van der Waals surface area contributed by atoms with Crippen LogP contribution < -0.4 is 11.1 Å². The number of aryl methyl sites for hydroxylation is 1. The van der Waals surface area contributed by atoms with Crippen LogP contribution in [0.2, 0.25) is 5.02 Å². The van der Waals surface area contributed by atoms with Gasteiger partial charge in [-0.3, -0.25) is 9.48 Å². The zero-order valence-corrected chi connectivity index (χ0v) is 11.5. The minimum absolute atomic E-state index is 0.315. The Labute approximate surface area is 112 Å². The van der Waals surface area contributed by atoms with E-state index in [0.717, 1.165) is 18.5 Å². The summed E-state index contributed by atoms with van der Waals surface area (Å²) in [5, 5.41) is 8.14. The van der Waals surface area contributed by atoms with Crippen LogP contribution in [0.25, 0.3) is 0 Å². The Balaban J connectivity index is 2.01. The van der Waals surface area contributed by atoms with Crippen LogP contribution in [0.15, 0.2) is 6.20 Å². The van der Waals surface area contributed by atoms with Crippen molar-refractivity contribution < 1.29 is 4.79 Å². The van der Waals surface area contributed by atoms with Gasteiger partial charge in [0.05, 0.1) is 22.5 Å². The Morgan fingerprint density at radius 1 is 1.72 bits per heavy atom. The van der Waals surface area contributed by atoms with Crippen molar-refractivity contribution in [2.75, 3.05) is 0 Å². The van der Waals surface area contributed by atoms with Gasteiger partial charge >= 0.3 is 0 Å². The molecule has 0 spiro atoms. The lowest BCUT2D eigenvalue weighted by molar-refractivity contribution is -0.124. The molecule has 1 unspecified atom stereocenters. The van der Waals surface area contributed by atoms with E-state index in [9.17, 15) is 4.79 Å². The number of halogens is 1. The molecule has 1 fully saturated rings. The summed E-state index contributed by atoms with van der Waals surface area (Å²) >= 11 is 5.95. The maximum Gasteiger partial charge on any atom is 0.237 e. The molecule has 1 amide bonds. The fraction of sp³-hybridized carbons (Fsp3) is 0.667. The van der Waals surface area contributed by atoms with Crippen molar-refractivity contribution in [3.8, 4) is 0 Å². The Morgan fingerprint density at radius 2 is 2.39 bits per heavy atom. The summed E-state index contributed by atoms with van der Waals surface area (Å²) < 4.78 is 1.80. The third-order valence-corrected chi connectivity index (χ3v) is 3.88. The minimum atomic E-state index is -0.675. The van der Waals surface area contributed by atoms with Crippen molar-refractivity contribution in [2.45, 2.75) is 51.2 Å². The molecule has 0 aliphatic heterocycles. The smallest absolute Gasteiger partial charge is 0.237 e. The van der Waals surface area contributed by atoms with Gasteiger partial charge in [0.2, 0.25) is 5.91 Å². The zero-order valence-electron chi connectivity index (χ0n) is 10.7. The van der Waals surface area contributed by atoms with E-state index >= 15 is 0 Å². The maximum atomic E-state index is 11.6. The molecule has 0 aromatic carbocycles. The lowest BCUT2D eigenvalue weighted by Crippen LogP contribution is -2.54. The molecule has 1 saturated carbocycles. The van der Waals surface area contributed by atoms with Gasteiger partial charge in [-0.15, -0.1) is 0 Å². The second-order valence-electron chi connectivity index (χ2n) is 5.17. The summed E-state index contributed by atoms with van der Waals surface area (Å²) in [6.07, 6.45) is 4.47. The molecule has 1 aromatic rings. The van der Waals surface area contributed by atoms with Crippen LogP contribution in [0.4, 0.5) is 0 Å². The molecular weight excluding hydrogens is 252 g/mol. The van der Waals surface area contributed by atoms with Crippen molar-refractivity contribution in [1.29, 1.82) is 0 Å². The number of aromatic nitrogens is 2. The third kappa shape index (κ3) is 2.84. The number of carbonyl (C=O) groups is 1. The standard InChI is InChI=1S/C12H19ClN4O/c1-8-10(13)7-15-17(8)6-5-12(2,11(14)18)16-9-3-4-9/h7,9,16H,3-6H2,1-2H3,(H2,14,18). The van der Waals surface area contributed by atoms with Gasteiger partial charge in [-0.2, -0.15) is 5.10 Å². The Hall–Kier alpha value is -1.07. The number of primary amides is 1. The molecule has 100 valence electrons. The number of hydrogen-bond donors (Lipinski definition) is 2. The summed E-state index contributed by atoms with van der Waals surface area (Å²) in [4.78, 5) is 11.6. The van der Waals surface area contributed by atoms with E-state index in [1.807, 2.05) is 13.8 Å². The highest BCUT2D eigenvalue weighted by atomic mass is 35.5. The number of rotatable bonds is 6. The molecule has 0 bridgehead atoms. The van der Waals surface area contributed by atoms with Crippen LogP contribution in [0.1, 0.15) is 31.9 Å². The van der Waals surface area contributed by atoms with Gasteiger partial charge in [0.15, 0.2) is 0 Å². The predicted octanol–water partition coefficient (Wildman–Crippen LogP) is 1.23. The fourth-order valence-electron chi connectivity index (χ4n) is 1.92. The van der Waals surface area contributed by atoms with E-state index in [1.165, 1.54) is 0 Å². The van der Waals surface area contributed by atoms with E-state index in [-0.39, 0.29) is 5.91 Å². The first-order valence-electron chi connectivity index (χ1n) is 6.18. The number of hydrogen-bond acceptors (Lipinski definition) is 3. The van der Waals surface area contributed by atoms with Gasteiger partial charge in [-0.25, -0.2) is 0 Å². The first kappa shape index (κ1) is 13.4. The van der Waals surface area contributed by atoms with Gasteiger partial charge in [-0.05, 0) is 33.1 Å². The Kier molecular flexibility index (Phi) is 3.64. The normalized spacial score (nSPS) is 18.6. The van der Waals surface area contributed by atoms with E-state index in [1.54, 1.807) is 10.9 Å². The summed E-state index contributed by atoms with van der Waals surface area (Å²) in [5.41, 5.74) is 5.73. The topological polar surface area (TPSA) is 72.9 Å². The minimum Gasteiger partial charge on any atom is -0.368 e. The molecule has 0 radical (unpaired) electrons. The van der Waals surface area contributed by atoms with Crippen LogP contribution in [-0.2, 0) is 11.3 Å². The van der Waals surface area contributed by atoms with Crippen molar-refractivity contribution >= 4 is 17.5 Å². The predicted molar refractivity (Wildman–Crippen MR) is 70.3 cm³/mol. The van der Waals surface area contributed by atoms with Crippen LogP contribution in [0.3, 0.4) is 0 Å². The van der Waals surface area contributed by atoms with Crippen molar-refractivity contribution in [3.05, 3.63) is 16.9 Å². The molecular formula is C12H19ClN4O. The van der Waals surface area contributed by atoms with Crippen LogP contribution in [0, 0.1) is 6.92 Å². The largest absolute Gasteiger partial charge is 0.368 e. The molecule has 5 nitrogen and oxygen atoms in total. The second-order valence-corrected chi connectivity index (χ2v) is 5.57. The quantitative estimate of drug-likeness (QED) is 0.817. The van der Waals surface area contributed by atoms with E-state index in [4.69, 9.17) is 17.3 Å². The van der Waals surface area contributed by atoms with E-state index in [2.05, 4.69) is 10.4 Å². The molecule has 0 saturated heterocycles. The maximum absolute atomic E-state index is 11.6. The number of nitrogens with zero attached hydrogens (tertiary/aromatic N) is 2. The highest BCUT2D eigenvalue weighted by Crippen LogP contribution is 2.24. The van der Waals surface area contributed by atoms with Crippen LogP contribution >= 0.6 is 11.6 Å². The first-order chi connectivity index (χ1) is 8.42. The fourth-order valence-corrected chi connectivity index (χ4v) is 2.06. The molecule has 18 heavy (non-hydrogen) atoms. The number of amides is 1. The third-order valence-electron chi connectivity index (χ3n) is 3.51. The van der Waals surface area contributed by atoms with Gasteiger partial charge in [0.25, 0.3) is 0 Å². The van der Waals surface area contributed by atoms with Crippen molar-refractivity contribution in [2.24, 2.45) is 5.73 Å². The number of carbonyl (C=O) groups excluding carboxylic acids is 1. The molecule has 1 aliphatic carbocycles. The molecule has 2 rings (SSSR count). The van der Waals surface area contributed by atoms with Gasteiger partial charge in [0.1, 0.15) is 0 Å². The first-order valence-corrected chi connectivity index (χ1v) is 6.56. The van der Waals surface area contributed by atoms with E-state index < -0.39 is 5.54 Å². The van der Waals surface area contributed by atoms with E-state index in [0.29, 0.717) is 24.0 Å². The van der Waals surface area contributed by atoms with Gasteiger partial charge in [0, 0.05) is 12.6 Å². The summed E-state index contributed by atoms with van der Waals surface area (Å²) in [7, 11) is 0. The molecule has 1 atom stereocenters. The van der Waals surface area contributed by atoms with Crippen LogP contribution in [-0.4, -0.2) is 27.3 Å². The lowest BCUT2D eigenvalue weighted by atomic mass is 9.96. The number of nitrogens with one attached hydrogen (secondary N) is 1. The molecule has 6 heteroatoms. The number of nitrogens with two attached hydrogens (primary N) is 1. The van der Waals surface area contributed by atoms with Gasteiger partial charge in [-0.1, -0.05) is 11.6 Å². The lowest BCUT2D eigenvalue weighted by Gasteiger charge is -2.27. The molecule has 1 heterocycles. The molecule has 1 aliphatic rings. The average molecular weight is 271 g/mol. The summed E-state index contributed by atoms with van der Waals surface area (Å²) in [5.74, 6) is -0.315. The Bertz CT molecular complexity index is 455. The van der Waals surface area contributed by atoms with Gasteiger partial charge < -0.3 is 11.1 Å². The highest BCUT2D eigenvalue weighted by Gasteiger charge is 2.36. The molecule has 3 N–H and O–H groups in total. The van der Waals surface area contributed by atoms with Crippen molar-refractivity contribution in [1.82, 2.24) is 15.1 Å². The Morgan fingerprint density at radius 3 is 2.83 bits per heavy atom. The second kappa shape index (κ2) is 4.90. The average Bonchev–Trinajstić information content (AvgIpc) is 3.05. The van der Waals surface area contributed by atoms with Crippen molar-refractivity contribution in [3.63, 3.8) is 0 Å². The summed E-state index contributed by atoms with van der Waals surface area (Å²) in [6.45, 7) is 4.39. The SMILES string of the molecule is Cc1c(Cl)cnn1CCC(C)(NC1CC1)C(N)=O. The highest BCUT2D eigenvalue weighted by molar-refractivity contribution is 6.31. The monoisotopic (exact) mass is 270 g/mol.